The first-order valence-electron chi connectivity index (χ1n) is 7.26. The van der Waals surface area contributed by atoms with Crippen molar-refractivity contribution in [1.82, 2.24) is 20.0 Å². The summed E-state index contributed by atoms with van der Waals surface area (Å²) < 4.78 is 6.34. The lowest BCUT2D eigenvalue weighted by Gasteiger charge is -2.01. The summed E-state index contributed by atoms with van der Waals surface area (Å²) in [6.07, 6.45) is 0. The Morgan fingerprint density at radius 3 is 2.76 bits per heavy atom. The molecular weight excluding hydrogens is 326 g/mol. The largest absolute Gasteiger partial charge is 0.497 e. The van der Waals surface area contributed by atoms with Gasteiger partial charge in [-0.15, -0.1) is 0 Å². The van der Waals surface area contributed by atoms with E-state index in [-0.39, 0.29) is 17.2 Å². The molecular formula is C16H15N5O4. The minimum Gasteiger partial charge on any atom is -0.497 e. The summed E-state index contributed by atoms with van der Waals surface area (Å²) in [5.41, 5.74) is 1.56. The second-order valence-corrected chi connectivity index (χ2v) is 5.20. The van der Waals surface area contributed by atoms with Gasteiger partial charge in [0.05, 0.1) is 12.8 Å². The van der Waals surface area contributed by atoms with Crippen LogP contribution in [0, 0.1) is 0 Å². The van der Waals surface area contributed by atoms with E-state index in [0.29, 0.717) is 11.4 Å². The van der Waals surface area contributed by atoms with Crippen molar-refractivity contribution >= 4 is 17.7 Å². The number of aromatic nitrogens is 4. The number of nitrogens with one attached hydrogen (secondary N) is 2. The predicted octanol–water partition coefficient (Wildman–Crippen LogP) is 1.77. The van der Waals surface area contributed by atoms with Crippen molar-refractivity contribution in [3.05, 3.63) is 47.8 Å². The Labute approximate surface area is 142 Å². The number of rotatable bonds is 5. The quantitative estimate of drug-likeness (QED) is 0.650. The molecule has 0 saturated heterocycles. The van der Waals surface area contributed by atoms with Crippen LogP contribution in [0.2, 0.25) is 0 Å². The summed E-state index contributed by atoms with van der Waals surface area (Å²) in [6.45, 7) is 0. The Balaban J connectivity index is 1.78. The molecule has 0 atom stereocenters. The summed E-state index contributed by atoms with van der Waals surface area (Å²) in [5.74, 6) is -0.780. The van der Waals surface area contributed by atoms with Gasteiger partial charge in [0.25, 0.3) is 5.91 Å². The zero-order valence-corrected chi connectivity index (χ0v) is 13.5. The van der Waals surface area contributed by atoms with Crippen molar-refractivity contribution < 1.29 is 19.4 Å². The van der Waals surface area contributed by atoms with E-state index in [1.54, 1.807) is 19.2 Å². The van der Waals surface area contributed by atoms with Crippen LogP contribution in [0.3, 0.4) is 0 Å². The van der Waals surface area contributed by atoms with Gasteiger partial charge in [-0.1, -0.05) is 12.1 Å². The highest BCUT2D eigenvalue weighted by molar-refractivity contribution is 6.03. The van der Waals surface area contributed by atoms with Gasteiger partial charge in [-0.2, -0.15) is 10.2 Å². The molecule has 0 bridgehead atoms. The van der Waals surface area contributed by atoms with Crippen molar-refractivity contribution in [2.45, 2.75) is 0 Å². The molecule has 0 aliphatic carbocycles. The van der Waals surface area contributed by atoms with Gasteiger partial charge in [-0.25, -0.2) is 4.79 Å². The smallest absolute Gasteiger partial charge is 0.354 e. The Bertz CT molecular complexity index is 944. The lowest BCUT2D eigenvalue weighted by atomic mass is 10.1. The van der Waals surface area contributed by atoms with E-state index in [1.807, 2.05) is 18.2 Å². The number of ether oxygens (including phenoxy) is 1. The third kappa shape index (κ3) is 3.34. The van der Waals surface area contributed by atoms with E-state index < -0.39 is 11.9 Å². The van der Waals surface area contributed by atoms with Crippen LogP contribution in [-0.2, 0) is 7.05 Å². The van der Waals surface area contributed by atoms with Gasteiger partial charge >= 0.3 is 5.97 Å². The number of hydrogen-bond acceptors (Lipinski definition) is 5. The maximum Gasteiger partial charge on any atom is 0.354 e. The average molecular weight is 341 g/mol. The molecule has 0 radical (unpaired) electrons. The number of carbonyl (C=O) groups excluding carboxylic acids is 1. The zero-order valence-electron chi connectivity index (χ0n) is 13.5. The molecule has 1 aromatic carbocycles. The van der Waals surface area contributed by atoms with E-state index in [2.05, 4.69) is 20.6 Å². The van der Waals surface area contributed by atoms with Crippen LogP contribution in [0.15, 0.2) is 36.4 Å². The summed E-state index contributed by atoms with van der Waals surface area (Å²) in [5, 5.41) is 22.2. The number of nitrogens with zero attached hydrogens (tertiary/aromatic N) is 3. The van der Waals surface area contributed by atoms with Gasteiger partial charge < -0.3 is 15.2 Å². The van der Waals surface area contributed by atoms with Gasteiger partial charge in [0.1, 0.15) is 17.1 Å². The van der Waals surface area contributed by atoms with Crippen LogP contribution in [0.5, 0.6) is 5.75 Å². The Morgan fingerprint density at radius 2 is 2.08 bits per heavy atom. The summed E-state index contributed by atoms with van der Waals surface area (Å²) in [7, 11) is 3.05. The molecule has 0 aliphatic heterocycles. The molecule has 0 spiro atoms. The maximum absolute atomic E-state index is 12.3. The second-order valence-electron chi connectivity index (χ2n) is 5.20. The highest BCUT2D eigenvalue weighted by atomic mass is 16.5. The average Bonchev–Trinajstić information content (AvgIpc) is 3.22. The van der Waals surface area contributed by atoms with Crippen LogP contribution < -0.4 is 10.1 Å². The fourth-order valence-electron chi connectivity index (χ4n) is 2.28. The minimum absolute atomic E-state index is 0.0306. The lowest BCUT2D eigenvalue weighted by molar-refractivity contribution is 0.0684. The zero-order chi connectivity index (χ0) is 18.0. The summed E-state index contributed by atoms with van der Waals surface area (Å²) >= 11 is 0. The number of H-pyrrole nitrogens is 1. The van der Waals surface area contributed by atoms with E-state index in [4.69, 9.17) is 9.84 Å². The molecule has 0 fully saturated rings. The molecule has 128 valence electrons. The molecule has 9 nitrogen and oxygen atoms in total. The van der Waals surface area contributed by atoms with Gasteiger partial charge in [-0.3, -0.25) is 14.6 Å². The van der Waals surface area contributed by atoms with E-state index in [9.17, 15) is 9.59 Å². The van der Waals surface area contributed by atoms with Crippen molar-refractivity contribution in [2.24, 2.45) is 7.05 Å². The van der Waals surface area contributed by atoms with Crippen LogP contribution in [0.1, 0.15) is 21.0 Å². The van der Waals surface area contributed by atoms with E-state index >= 15 is 0 Å². The molecule has 9 heteroatoms. The number of anilines is 1. The summed E-state index contributed by atoms with van der Waals surface area (Å²) in [4.78, 5) is 23.3. The second kappa shape index (κ2) is 6.48. The number of hydrogen-bond donors (Lipinski definition) is 3. The molecule has 0 saturated carbocycles. The highest BCUT2D eigenvalue weighted by Gasteiger charge is 2.16. The first kappa shape index (κ1) is 16.2. The Kier molecular flexibility index (Phi) is 4.21. The van der Waals surface area contributed by atoms with Crippen molar-refractivity contribution in [3.63, 3.8) is 0 Å². The molecule has 3 aromatic rings. The number of benzene rings is 1. The molecule has 0 unspecified atom stereocenters. The number of aromatic amines is 1. The highest BCUT2D eigenvalue weighted by Crippen LogP contribution is 2.22. The predicted molar refractivity (Wildman–Crippen MR) is 88.7 cm³/mol. The number of carboxylic acid groups (broad SMARTS) is 1. The molecule has 2 aromatic heterocycles. The fourth-order valence-corrected chi connectivity index (χ4v) is 2.28. The molecule has 3 N–H and O–H groups in total. The molecule has 0 aliphatic rings. The normalized spacial score (nSPS) is 10.5. The van der Waals surface area contributed by atoms with Crippen LogP contribution in [-0.4, -0.2) is 44.1 Å². The first-order chi connectivity index (χ1) is 12.0. The standard InChI is InChI=1S/C16H15N5O4/c1-21-13(16(23)24)8-14(20-21)17-15(22)12-7-11(18-19-12)9-4-3-5-10(6-9)25-2/h3-8H,1-2H3,(H,18,19)(H,23,24)(H,17,20,22). The van der Waals surface area contributed by atoms with Gasteiger partial charge in [0.15, 0.2) is 5.82 Å². The van der Waals surface area contributed by atoms with Crippen LogP contribution in [0.25, 0.3) is 11.3 Å². The number of aryl methyl sites for hydroxylation is 1. The van der Waals surface area contributed by atoms with Crippen molar-refractivity contribution in [1.29, 1.82) is 0 Å². The fraction of sp³-hybridized carbons (Fsp3) is 0.125. The Hall–Kier alpha value is -3.62. The monoisotopic (exact) mass is 341 g/mol. The topological polar surface area (TPSA) is 122 Å². The van der Waals surface area contributed by atoms with Crippen LogP contribution >= 0.6 is 0 Å². The SMILES string of the molecule is COc1cccc(-c2cc(C(=O)Nc3cc(C(=O)O)n(C)n3)[nH]n2)c1. The minimum atomic E-state index is -1.13. The van der Waals surface area contributed by atoms with E-state index in [0.717, 1.165) is 5.56 Å². The molecule has 25 heavy (non-hydrogen) atoms. The van der Waals surface area contributed by atoms with Crippen molar-refractivity contribution in [3.8, 4) is 17.0 Å². The molecule has 1 amide bonds. The van der Waals surface area contributed by atoms with Gasteiger partial charge in [0.2, 0.25) is 0 Å². The lowest BCUT2D eigenvalue weighted by Crippen LogP contribution is -2.13. The third-order valence-electron chi connectivity index (χ3n) is 3.53. The van der Waals surface area contributed by atoms with Crippen LogP contribution in [0.4, 0.5) is 5.82 Å². The third-order valence-corrected chi connectivity index (χ3v) is 3.53. The number of methoxy groups -OCH3 is 1. The molecule has 2 heterocycles. The Morgan fingerprint density at radius 1 is 1.28 bits per heavy atom. The van der Waals surface area contributed by atoms with Gasteiger partial charge in [0, 0.05) is 18.7 Å². The summed E-state index contributed by atoms with van der Waals surface area (Å²) in [6, 6.07) is 10.1. The number of aromatic carboxylic acids is 1. The number of amides is 1. The number of carboxylic acids is 1. The van der Waals surface area contributed by atoms with Crippen molar-refractivity contribution in [2.75, 3.05) is 12.4 Å². The maximum atomic E-state index is 12.3. The first-order valence-corrected chi connectivity index (χ1v) is 7.26. The van der Waals surface area contributed by atoms with E-state index in [1.165, 1.54) is 17.8 Å². The van der Waals surface area contributed by atoms with Gasteiger partial charge in [-0.05, 0) is 18.2 Å². The molecule has 3 rings (SSSR count). The number of carbonyl (C=O) groups is 2.